The van der Waals surface area contributed by atoms with E-state index < -0.39 is 0 Å². The van der Waals surface area contributed by atoms with E-state index in [1.807, 2.05) is 0 Å². The molecule has 5 heteroatoms. The van der Waals surface area contributed by atoms with Crippen molar-refractivity contribution in [1.29, 1.82) is 0 Å². The lowest BCUT2D eigenvalue weighted by Crippen LogP contribution is -2.15. The molecule has 19 heavy (non-hydrogen) atoms. The van der Waals surface area contributed by atoms with Gasteiger partial charge in [-0.25, -0.2) is 9.78 Å². The SMILES string of the molecule is CCCCOCCNc1ncccc1C(=O)OCC. The quantitative estimate of drug-likeness (QED) is 0.549. The van der Waals surface area contributed by atoms with Gasteiger partial charge >= 0.3 is 5.97 Å². The van der Waals surface area contributed by atoms with Crippen LogP contribution in [0.3, 0.4) is 0 Å². The first-order chi connectivity index (χ1) is 9.29. The van der Waals surface area contributed by atoms with E-state index in [1.54, 1.807) is 25.3 Å². The molecule has 106 valence electrons. The maximum Gasteiger partial charge on any atom is 0.341 e. The molecule has 0 aromatic carbocycles. The van der Waals surface area contributed by atoms with Crippen LogP contribution in [0.4, 0.5) is 5.82 Å². The third-order valence-corrected chi connectivity index (χ3v) is 2.48. The van der Waals surface area contributed by atoms with Gasteiger partial charge in [0.25, 0.3) is 0 Å². The van der Waals surface area contributed by atoms with E-state index in [0.29, 0.717) is 31.1 Å². The molecule has 0 amide bonds. The van der Waals surface area contributed by atoms with E-state index in [1.165, 1.54) is 0 Å². The Morgan fingerprint density at radius 2 is 2.21 bits per heavy atom. The number of hydrogen-bond acceptors (Lipinski definition) is 5. The second-order valence-electron chi connectivity index (χ2n) is 4.01. The number of hydrogen-bond donors (Lipinski definition) is 1. The Hall–Kier alpha value is -1.62. The van der Waals surface area contributed by atoms with Gasteiger partial charge in [0.15, 0.2) is 0 Å². The summed E-state index contributed by atoms with van der Waals surface area (Å²) in [6.45, 7) is 6.24. The predicted octanol–water partition coefficient (Wildman–Crippen LogP) is 2.49. The number of ether oxygens (including phenoxy) is 2. The summed E-state index contributed by atoms with van der Waals surface area (Å²) in [7, 11) is 0. The molecular formula is C14H22N2O3. The Labute approximate surface area is 114 Å². The number of rotatable bonds is 9. The molecule has 0 aliphatic carbocycles. The first-order valence-corrected chi connectivity index (χ1v) is 6.73. The minimum atomic E-state index is -0.356. The van der Waals surface area contributed by atoms with Crippen LogP contribution < -0.4 is 5.32 Å². The number of aromatic nitrogens is 1. The maximum absolute atomic E-state index is 11.7. The predicted molar refractivity (Wildman–Crippen MR) is 74.4 cm³/mol. The zero-order chi connectivity index (χ0) is 13.9. The highest BCUT2D eigenvalue weighted by atomic mass is 16.5. The van der Waals surface area contributed by atoms with Crippen LogP contribution in [0, 0.1) is 0 Å². The lowest BCUT2D eigenvalue weighted by molar-refractivity contribution is 0.0527. The number of esters is 1. The van der Waals surface area contributed by atoms with Crippen molar-refractivity contribution in [2.75, 3.05) is 31.7 Å². The average Bonchev–Trinajstić information content (AvgIpc) is 2.43. The van der Waals surface area contributed by atoms with Crippen molar-refractivity contribution < 1.29 is 14.3 Å². The normalized spacial score (nSPS) is 10.2. The van der Waals surface area contributed by atoms with Crippen LogP contribution in [0.5, 0.6) is 0 Å². The number of carbonyl (C=O) groups is 1. The van der Waals surface area contributed by atoms with Crippen molar-refractivity contribution in [3.63, 3.8) is 0 Å². The van der Waals surface area contributed by atoms with Gasteiger partial charge in [-0.15, -0.1) is 0 Å². The molecular weight excluding hydrogens is 244 g/mol. The molecule has 1 heterocycles. The number of nitrogens with zero attached hydrogens (tertiary/aromatic N) is 1. The van der Waals surface area contributed by atoms with E-state index in [-0.39, 0.29) is 5.97 Å². The Morgan fingerprint density at radius 3 is 2.95 bits per heavy atom. The molecule has 0 aliphatic rings. The van der Waals surface area contributed by atoms with Crippen LogP contribution in [-0.4, -0.2) is 37.3 Å². The smallest absolute Gasteiger partial charge is 0.341 e. The maximum atomic E-state index is 11.7. The van der Waals surface area contributed by atoms with Crippen molar-refractivity contribution in [3.8, 4) is 0 Å². The summed E-state index contributed by atoms with van der Waals surface area (Å²) in [4.78, 5) is 15.9. The third kappa shape index (κ3) is 5.70. The monoisotopic (exact) mass is 266 g/mol. The second kappa shape index (κ2) is 9.33. The molecule has 0 saturated carbocycles. The average molecular weight is 266 g/mol. The van der Waals surface area contributed by atoms with Gasteiger partial charge in [-0.2, -0.15) is 0 Å². The van der Waals surface area contributed by atoms with Crippen LogP contribution in [0.15, 0.2) is 18.3 Å². The fourth-order valence-corrected chi connectivity index (χ4v) is 1.51. The van der Waals surface area contributed by atoms with Crippen LogP contribution in [-0.2, 0) is 9.47 Å². The molecule has 5 nitrogen and oxygen atoms in total. The molecule has 0 spiro atoms. The molecule has 0 radical (unpaired) electrons. The van der Waals surface area contributed by atoms with Gasteiger partial charge in [0, 0.05) is 19.3 Å². The standard InChI is InChI=1S/C14H22N2O3/c1-3-5-10-18-11-9-16-13-12(7-6-8-15-13)14(17)19-4-2/h6-8H,3-5,9-11H2,1-2H3,(H,15,16). The van der Waals surface area contributed by atoms with Gasteiger partial charge in [0.1, 0.15) is 11.4 Å². The van der Waals surface area contributed by atoms with E-state index in [0.717, 1.165) is 19.4 Å². The molecule has 1 N–H and O–H groups in total. The molecule has 1 rings (SSSR count). The molecule has 1 aromatic heterocycles. The van der Waals surface area contributed by atoms with Crippen LogP contribution in [0.1, 0.15) is 37.0 Å². The van der Waals surface area contributed by atoms with E-state index in [9.17, 15) is 4.79 Å². The van der Waals surface area contributed by atoms with Crippen LogP contribution >= 0.6 is 0 Å². The van der Waals surface area contributed by atoms with Crippen molar-refractivity contribution in [3.05, 3.63) is 23.9 Å². The molecule has 0 unspecified atom stereocenters. The van der Waals surface area contributed by atoms with Gasteiger partial charge in [-0.05, 0) is 25.5 Å². The van der Waals surface area contributed by atoms with Gasteiger partial charge in [-0.3, -0.25) is 0 Å². The van der Waals surface area contributed by atoms with Crippen LogP contribution in [0.25, 0.3) is 0 Å². The number of carbonyl (C=O) groups excluding carboxylic acids is 1. The Morgan fingerprint density at radius 1 is 1.37 bits per heavy atom. The highest BCUT2D eigenvalue weighted by Crippen LogP contribution is 2.12. The zero-order valence-electron chi connectivity index (χ0n) is 11.6. The number of nitrogens with one attached hydrogen (secondary N) is 1. The molecule has 0 fully saturated rings. The van der Waals surface area contributed by atoms with Gasteiger partial charge < -0.3 is 14.8 Å². The highest BCUT2D eigenvalue weighted by Gasteiger charge is 2.12. The van der Waals surface area contributed by atoms with Crippen molar-refractivity contribution in [2.45, 2.75) is 26.7 Å². The van der Waals surface area contributed by atoms with Gasteiger partial charge in [0.2, 0.25) is 0 Å². The minimum absolute atomic E-state index is 0.354. The summed E-state index contributed by atoms with van der Waals surface area (Å²) in [6, 6.07) is 3.42. The zero-order valence-corrected chi connectivity index (χ0v) is 11.6. The summed E-state index contributed by atoms with van der Waals surface area (Å²) < 4.78 is 10.4. The molecule has 1 aromatic rings. The summed E-state index contributed by atoms with van der Waals surface area (Å²) in [5.74, 6) is 0.185. The van der Waals surface area contributed by atoms with E-state index in [4.69, 9.17) is 9.47 Å². The fraction of sp³-hybridized carbons (Fsp3) is 0.571. The summed E-state index contributed by atoms with van der Waals surface area (Å²) in [5.41, 5.74) is 0.456. The Bertz CT molecular complexity index is 383. The Balaban J connectivity index is 2.42. The van der Waals surface area contributed by atoms with Gasteiger partial charge in [0.05, 0.1) is 13.2 Å². The second-order valence-corrected chi connectivity index (χ2v) is 4.01. The van der Waals surface area contributed by atoms with Crippen molar-refractivity contribution in [1.82, 2.24) is 4.98 Å². The summed E-state index contributed by atoms with van der Waals surface area (Å²) in [6.07, 6.45) is 3.83. The number of anilines is 1. The van der Waals surface area contributed by atoms with Crippen LogP contribution in [0.2, 0.25) is 0 Å². The molecule has 0 aliphatic heterocycles. The number of unbranched alkanes of at least 4 members (excludes halogenated alkanes) is 1. The van der Waals surface area contributed by atoms with Crippen molar-refractivity contribution in [2.24, 2.45) is 0 Å². The minimum Gasteiger partial charge on any atom is -0.462 e. The first-order valence-electron chi connectivity index (χ1n) is 6.73. The third-order valence-electron chi connectivity index (χ3n) is 2.48. The van der Waals surface area contributed by atoms with Crippen molar-refractivity contribution >= 4 is 11.8 Å². The molecule has 0 atom stereocenters. The molecule has 0 bridgehead atoms. The highest BCUT2D eigenvalue weighted by molar-refractivity contribution is 5.94. The first kappa shape index (κ1) is 15.4. The topological polar surface area (TPSA) is 60.5 Å². The largest absolute Gasteiger partial charge is 0.462 e. The summed E-state index contributed by atoms with van der Waals surface area (Å²) >= 11 is 0. The Kier molecular flexibility index (Phi) is 7.58. The van der Waals surface area contributed by atoms with Gasteiger partial charge in [-0.1, -0.05) is 13.3 Å². The lowest BCUT2D eigenvalue weighted by Gasteiger charge is -2.10. The molecule has 0 saturated heterocycles. The summed E-state index contributed by atoms with van der Waals surface area (Å²) in [5, 5.41) is 3.09. The van der Waals surface area contributed by atoms with E-state index in [2.05, 4.69) is 17.2 Å². The van der Waals surface area contributed by atoms with E-state index >= 15 is 0 Å². The lowest BCUT2D eigenvalue weighted by atomic mass is 10.2. The number of pyridine rings is 1. The fourth-order valence-electron chi connectivity index (χ4n) is 1.51.